The number of rotatable bonds is 6. The lowest BCUT2D eigenvalue weighted by Gasteiger charge is -2.19. The van der Waals surface area contributed by atoms with E-state index < -0.39 is 0 Å². The zero-order chi connectivity index (χ0) is 12.1. The Bertz CT molecular complexity index is 319. The third kappa shape index (κ3) is 4.13. The number of thiazole rings is 1. The van der Waals surface area contributed by atoms with Crippen molar-refractivity contribution in [3.05, 3.63) is 15.0 Å². The number of aromatic nitrogens is 1. The van der Waals surface area contributed by atoms with E-state index in [0.29, 0.717) is 12.5 Å². The van der Waals surface area contributed by atoms with Crippen molar-refractivity contribution in [1.82, 2.24) is 10.3 Å². The van der Waals surface area contributed by atoms with Crippen LogP contribution < -0.4 is 5.32 Å². The van der Waals surface area contributed by atoms with Gasteiger partial charge in [-0.15, -0.1) is 11.3 Å². The maximum atomic E-state index is 9.83. The van der Waals surface area contributed by atoms with Gasteiger partial charge >= 0.3 is 0 Å². The van der Waals surface area contributed by atoms with Gasteiger partial charge in [-0.05, 0) is 28.8 Å². The van der Waals surface area contributed by atoms with Gasteiger partial charge in [-0.1, -0.05) is 20.3 Å². The van der Waals surface area contributed by atoms with Gasteiger partial charge in [0.25, 0.3) is 0 Å². The number of nitrogens with one attached hydrogen (secondary N) is 1. The van der Waals surface area contributed by atoms with Gasteiger partial charge in [0.05, 0.1) is 22.1 Å². The molecule has 3 unspecified atom stereocenters. The highest BCUT2D eigenvalue weighted by Crippen LogP contribution is 2.24. The molecule has 2 N–H and O–H groups in total. The van der Waals surface area contributed by atoms with Crippen LogP contribution in [0.15, 0.2) is 9.98 Å². The van der Waals surface area contributed by atoms with Crippen LogP contribution in [0.2, 0.25) is 0 Å². The molecule has 0 aliphatic rings. The van der Waals surface area contributed by atoms with E-state index in [1.54, 1.807) is 11.3 Å². The number of hydrogen-bond donors (Lipinski definition) is 2. The van der Waals surface area contributed by atoms with Gasteiger partial charge in [-0.3, -0.25) is 0 Å². The summed E-state index contributed by atoms with van der Waals surface area (Å²) in [5.74, 6) is 0.336. The Morgan fingerprint density at radius 1 is 1.56 bits per heavy atom. The molecule has 0 amide bonds. The molecule has 0 fully saturated rings. The van der Waals surface area contributed by atoms with Crippen LogP contribution in [-0.4, -0.2) is 22.7 Å². The first-order valence-electron chi connectivity index (χ1n) is 5.57. The van der Waals surface area contributed by atoms with Gasteiger partial charge in [0.1, 0.15) is 5.01 Å². The smallest absolute Gasteiger partial charge is 0.110 e. The van der Waals surface area contributed by atoms with Crippen molar-refractivity contribution in [1.29, 1.82) is 0 Å². The predicted molar refractivity (Wildman–Crippen MR) is 71.7 cm³/mol. The summed E-state index contributed by atoms with van der Waals surface area (Å²) in [5, 5.41) is 14.2. The van der Waals surface area contributed by atoms with Crippen molar-refractivity contribution in [3.63, 3.8) is 0 Å². The zero-order valence-electron chi connectivity index (χ0n) is 9.90. The van der Waals surface area contributed by atoms with E-state index in [-0.39, 0.29) is 12.1 Å². The number of aliphatic hydroxyl groups excluding tert-OH is 1. The molecular weight excluding hydrogens is 288 g/mol. The van der Waals surface area contributed by atoms with E-state index in [1.807, 2.05) is 6.20 Å². The molecule has 1 rings (SSSR count). The first-order valence-corrected chi connectivity index (χ1v) is 7.18. The molecule has 16 heavy (non-hydrogen) atoms. The van der Waals surface area contributed by atoms with Gasteiger partial charge in [-0.25, -0.2) is 4.98 Å². The van der Waals surface area contributed by atoms with Crippen molar-refractivity contribution >= 4 is 27.3 Å². The molecule has 92 valence electrons. The molecule has 1 aromatic heterocycles. The molecule has 0 aromatic carbocycles. The molecular formula is C11H19BrN2OS. The number of halogens is 1. The third-order valence-electron chi connectivity index (χ3n) is 2.80. The van der Waals surface area contributed by atoms with Crippen molar-refractivity contribution < 1.29 is 5.11 Å². The van der Waals surface area contributed by atoms with Crippen LogP contribution in [0.5, 0.6) is 0 Å². The Hall–Kier alpha value is 0.0300. The molecule has 0 radical (unpaired) electrons. The largest absolute Gasteiger partial charge is 0.392 e. The minimum absolute atomic E-state index is 0.190. The van der Waals surface area contributed by atoms with Crippen LogP contribution in [-0.2, 0) is 0 Å². The van der Waals surface area contributed by atoms with Gasteiger partial charge in [0.2, 0.25) is 0 Å². The highest BCUT2D eigenvalue weighted by atomic mass is 79.9. The van der Waals surface area contributed by atoms with Crippen LogP contribution in [0.25, 0.3) is 0 Å². The van der Waals surface area contributed by atoms with E-state index in [4.69, 9.17) is 0 Å². The van der Waals surface area contributed by atoms with E-state index in [0.717, 1.165) is 15.2 Å². The van der Waals surface area contributed by atoms with Crippen LogP contribution in [0, 0.1) is 5.92 Å². The average Bonchev–Trinajstić information content (AvgIpc) is 2.71. The monoisotopic (exact) mass is 306 g/mol. The number of aliphatic hydroxyl groups is 1. The summed E-state index contributed by atoms with van der Waals surface area (Å²) < 4.78 is 1.04. The second-order valence-corrected chi connectivity index (χ2v) is 6.53. The van der Waals surface area contributed by atoms with Crippen LogP contribution in [0.1, 0.15) is 38.2 Å². The predicted octanol–water partition coefficient (Wildman–Crippen LogP) is 2.96. The van der Waals surface area contributed by atoms with E-state index in [9.17, 15) is 5.11 Å². The normalized spacial score (nSPS) is 17.1. The van der Waals surface area contributed by atoms with Gasteiger partial charge in [0, 0.05) is 6.54 Å². The highest BCUT2D eigenvalue weighted by molar-refractivity contribution is 9.11. The molecule has 1 aromatic rings. The minimum Gasteiger partial charge on any atom is -0.392 e. The topological polar surface area (TPSA) is 45.1 Å². The summed E-state index contributed by atoms with van der Waals surface area (Å²) in [5.41, 5.74) is 0. The zero-order valence-corrected chi connectivity index (χ0v) is 12.3. The average molecular weight is 307 g/mol. The standard InChI is InChI=1S/C11H19BrN2OS/c1-4-7(2)9(15)5-13-8(3)11-14-6-10(12)16-11/h6-9,13,15H,4-5H2,1-3H3. The second-order valence-electron chi connectivity index (χ2n) is 4.09. The molecule has 1 heterocycles. The minimum atomic E-state index is -0.282. The first kappa shape index (κ1) is 14.1. The summed E-state index contributed by atoms with van der Waals surface area (Å²) in [7, 11) is 0. The third-order valence-corrected chi connectivity index (χ3v) is 4.46. The Morgan fingerprint density at radius 3 is 2.75 bits per heavy atom. The van der Waals surface area contributed by atoms with Crippen LogP contribution >= 0.6 is 27.3 Å². The highest BCUT2D eigenvalue weighted by Gasteiger charge is 2.15. The van der Waals surface area contributed by atoms with E-state index in [1.165, 1.54) is 0 Å². The Balaban J connectivity index is 2.38. The van der Waals surface area contributed by atoms with Crippen molar-refractivity contribution in [2.45, 2.75) is 39.3 Å². The number of hydrogen-bond acceptors (Lipinski definition) is 4. The molecule has 0 bridgehead atoms. The molecule has 0 spiro atoms. The van der Waals surface area contributed by atoms with Crippen molar-refractivity contribution in [3.8, 4) is 0 Å². The number of nitrogens with zero attached hydrogens (tertiary/aromatic N) is 1. The SMILES string of the molecule is CCC(C)C(O)CNC(C)c1ncc(Br)s1. The lowest BCUT2D eigenvalue weighted by molar-refractivity contribution is 0.110. The Morgan fingerprint density at radius 2 is 2.25 bits per heavy atom. The lowest BCUT2D eigenvalue weighted by Crippen LogP contribution is -2.33. The van der Waals surface area contributed by atoms with E-state index >= 15 is 0 Å². The van der Waals surface area contributed by atoms with Crippen LogP contribution in [0.4, 0.5) is 0 Å². The van der Waals surface area contributed by atoms with Crippen molar-refractivity contribution in [2.75, 3.05) is 6.54 Å². The lowest BCUT2D eigenvalue weighted by atomic mass is 10.0. The molecule has 0 saturated carbocycles. The van der Waals surface area contributed by atoms with Crippen molar-refractivity contribution in [2.24, 2.45) is 5.92 Å². The molecule has 0 aliphatic heterocycles. The van der Waals surface area contributed by atoms with Gasteiger partial charge in [0.15, 0.2) is 0 Å². The molecule has 0 aliphatic carbocycles. The summed E-state index contributed by atoms with van der Waals surface area (Å²) >= 11 is 5.02. The Kier molecular flexibility index (Phi) is 5.89. The first-order chi connectivity index (χ1) is 7.54. The molecule has 3 atom stereocenters. The molecule has 5 heteroatoms. The second kappa shape index (κ2) is 6.69. The van der Waals surface area contributed by atoms with E-state index in [2.05, 4.69) is 47.0 Å². The maximum Gasteiger partial charge on any atom is 0.110 e. The summed E-state index contributed by atoms with van der Waals surface area (Å²) in [6.45, 7) is 6.84. The maximum absolute atomic E-state index is 9.83. The quantitative estimate of drug-likeness (QED) is 0.849. The fourth-order valence-corrected chi connectivity index (χ4v) is 2.60. The fraction of sp³-hybridized carbons (Fsp3) is 0.727. The summed E-state index contributed by atoms with van der Waals surface area (Å²) in [4.78, 5) is 4.29. The molecule has 3 nitrogen and oxygen atoms in total. The van der Waals surface area contributed by atoms with Gasteiger partial charge < -0.3 is 10.4 Å². The van der Waals surface area contributed by atoms with Gasteiger partial charge in [-0.2, -0.15) is 0 Å². The Labute approximate surface area is 109 Å². The summed E-state index contributed by atoms with van der Waals surface area (Å²) in [6, 6.07) is 0.190. The fourth-order valence-electron chi connectivity index (χ4n) is 1.33. The summed E-state index contributed by atoms with van der Waals surface area (Å²) in [6.07, 6.45) is 2.53. The molecule has 0 saturated heterocycles. The van der Waals surface area contributed by atoms with Crippen LogP contribution in [0.3, 0.4) is 0 Å².